The maximum atomic E-state index is 12.8. The molecule has 1 aromatic carbocycles. The largest absolute Gasteiger partial charge is 0.332 e. The lowest BCUT2D eigenvalue weighted by Crippen LogP contribution is -2.38. The molecular formula is C16H12N2O3S. The molecule has 110 valence electrons. The Morgan fingerprint density at radius 2 is 1.95 bits per heavy atom. The minimum atomic E-state index is -1.30. The summed E-state index contributed by atoms with van der Waals surface area (Å²) in [5, 5.41) is 1.51. The van der Waals surface area contributed by atoms with Crippen LogP contribution in [0.15, 0.2) is 46.7 Å². The Labute approximate surface area is 129 Å². The first-order valence-corrected chi connectivity index (χ1v) is 8.44. The van der Waals surface area contributed by atoms with Crippen LogP contribution in [-0.2, 0) is 15.6 Å². The van der Waals surface area contributed by atoms with E-state index in [1.54, 1.807) is 11.0 Å². The number of rotatable bonds is 1. The lowest BCUT2D eigenvalue weighted by atomic mass is 10.0. The second-order valence-electron chi connectivity index (χ2n) is 5.96. The van der Waals surface area contributed by atoms with Crippen molar-refractivity contribution in [3.63, 3.8) is 0 Å². The lowest BCUT2D eigenvalue weighted by molar-refractivity contribution is -0.126. The molecule has 2 bridgehead atoms. The van der Waals surface area contributed by atoms with Crippen LogP contribution >= 0.6 is 0 Å². The molecule has 1 aliphatic carbocycles. The Hall–Kier alpha value is -2.21. The van der Waals surface area contributed by atoms with E-state index in [1.807, 2.05) is 30.4 Å². The van der Waals surface area contributed by atoms with Gasteiger partial charge in [0, 0.05) is 16.9 Å². The highest BCUT2D eigenvalue weighted by atomic mass is 32.2. The number of fused-ring (bicyclic) bond motifs is 6. The summed E-state index contributed by atoms with van der Waals surface area (Å²) in [5.41, 5.74) is 1.18. The standard InChI is InChI=1S/C16H12N2O3S/c19-15-14-9-5-6-10(7-9)17(14)16(20)18(15)12-8-22(21)13-4-2-1-3-11(12)13/h1-6,8-10,14H,7H2. The third-order valence-electron chi connectivity index (χ3n) is 4.88. The van der Waals surface area contributed by atoms with Crippen molar-refractivity contribution in [2.75, 3.05) is 0 Å². The molecule has 6 heteroatoms. The normalized spacial score (nSPS) is 34.5. The summed E-state index contributed by atoms with van der Waals surface area (Å²) in [7, 11) is -1.30. The Kier molecular flexibility index (Phi) is 2.22. The maximum Gasteiger partial charge on any atom is 0.332 e. The van der Waals surface area contributed by atoms with Gasteiger partial charge in [-0.2, -0.15) is 0 Å². The van der Waals surface area contributed by atoms with Crippen molar-refractivity contribution in [3.8, 4) is 0 Å². The predicted molar refractivity (Wildman–Crippen MR) is 79.7 cm³/mol. The van der Waals surface area contributed by atoms with Crippen molar-refractivity contribution in [3.05, 3.63) is 47.4 Å². The van der Waals surface area contributed by atoms with Crippen molar-refractivity contribution in [1.82, 2.24) is 9.80 Å². The molecule has 3 heterocycles. The zero-order valence-corrected chi connectivity index (χ0v) is 12.3. The van der Waals surface area contributed by atoms with Gasteiger partial charge < -0.3 is 4.90 Å². The van der Waals surface area contributed by atoms with Crippen LogP contribution in [0.2, 0.25) is 0 Å². The van der Waals surface area contributed by atoms with Gasteiger partial charge in [-0.3, -0.25) is 4.79 Å². The number of hydrogen-bond donors (Lipinski definition) is 0. The number of benzene rings is 1. The SMILES string of the molecule is O=C1C2C3C=CC(C3)N2C(=O)N1C1=CS(=O)c2ccccc21. The molecule has 0 saturated carbocycles. The van der Waals surface area contributed by atoms with Crippen LogP contribution in [0.25, 0.3) is 5.70 Å². The zero-order chi connectivity index (χ0) is 15.0. The van der Waals surface area contributed by atoms with E-state index in [2.05, 4.69) is 0 Å². The predicted octanol–water partition coefficient (Wildman–Crippen LogP) is 1.70. The monoisotopic (exact) mass is 312 g/mol. The summed E-state index contributed by atoms with van der Waals surface area (Å²) in [4.78, 5) is 29.1. The average Bonchev–Trinajstić information content (AvgIpc) is 3.25. The van der Waals surface area contributed by atoms with Crippen molar-refractivity contribution in [2.45, 2.75) is 23.4 Å². The summed E-state index contributed by atoms with van der Waals surface area (Å²) in [5.74, 6) is -0.0732. The number of urea groups is 1. The summed E-state index contributed by atoms with van der Waals surface area (Å²) in [6.45, 7) is 0. The Morgan fingerprint density at radius 1 is 1.14 bits per heavy atom. The molecule has 0 N–H and O–H groups in total. The molecular weight excluding hydrogens is 300 g/mol. The van der Waals surface area contributed by atoms with Gasteiger partial charge in [-0.25, -0.2) is 13.9 Å². The number of amides is 3. The molecule has 0 spiro atoms. The number of imide groups is 1. The van der Waals surface area contributed by atoms with Gasteiger partial charge in [-0.1, -0.05) is 30.4 Å². The smallest absolute Gasteiger partial charge is 0.305 e. The van der Waals surface area contributed by atoms with E-state index in [4.69, 9.17) is 0 Å². The average molecular weight is 312 g/mol. The molecule has 22 heavy (non-hydrogen) atoms. The number of hydrogen-bond acceptors (Lipinski definition) is 3. The van der Waals surface area contributed by atoms with E-state index in [0.29, 0.717) is 16.2 Å². The topological polar surface area (TPSA) is 57.7 Å². The van der Waals surface area contributed by atoms with E-state index in [0.717, 1.165) is 6.42 Å². The van der Waals surface area contributed by atoms with Crippen LogP contribution in [0.4, 0.5) is 4.79 Å². The van der Waals surface area contributed by atoms with Crippen molar-refractivity contribution in [1.29, 1.82) is 0 Å². The molecule has 4 unspecified atom stereocenters. The van der Waals surface area contributed by atoms with E-state index >= 15 is 0 Å². The van der Waals surface area contributed by atoms with Crippen LogP contribution in [0.5, 0.6) is 0 Å². The third kappa shape index (κ3) is 1.31. The van der Waals surface area contributed by atoms with Crippen LogP contribution in [-0.4, -0.2) is 38.0 Å². The number of carbonyl (C=O) groups excluding carboxylic acids is 2. The second kappa shape index (κ2) is 3.95. The summed E-state index contributed by atoms with van der Waals surface area (Å²) in [6, 6.07) is 6.57. The van der Waals surface area contributed by atoms with E-state index in [1.165, 1.54) is 10.3 Å². The molecule has 5 nitrogen and oxygen atoms in total. The van der Waals surface area contributed by atoms with Gasteiger partial charge in [0.2, 0.25) is 0 Å². The molecule has 3 aliphatic heterocycles. The fourth-order valence-electron chi connectivity index (χ4n) is 3.94. The van der Waals surface area contributed by atoms with Gasteiger partial charge in [-0.15, -0.1) is 0 Å². The Balaban J connectivity index is 1.61. The molecule has 0 radical (unpaired) electrons. The molecule has 4 aliphatic rings. The van der Waals surface area contributed by atoms with E-state index in [-0.39, 0.29) is 29.9 Å². The number of nitrogens with zero attached hydrogens (tertiary/aromatic N) is 2. The molecule has 4 atom stereocenters. The van der Waals surface area contributed by atoms with Crippen molar-refractivity contribution < 1.29 is 13.8 Å². The minimum absolute atomic E-state index is 0.0270. The molecule has 2 saturated heterocycles. The van der Waals surface area contributed by atoms with Gasteiger partial charge in [-0.05, 0) is 12.5 Å². The van der Waals surface area contributed by atoms with Crippen molar-refractivity contribution >= 4 is 28.4 Å². The first-order valence-electron chi connectivity index (χ1n) is 7.23. The first-order chi connectivity index (χ1) is 10.7. The molecule has 3 amide bonds. The maximum absolute atomic E-state index is 12.8. The van der Waals surface area contributed by atoms with Crippen LogP contribution in [0.3, 0.4) is 0 Å². The van der Waals surface area contributed by atoms with E-state index in [9.17, 15) is 13.8 Å². The van der Waals surface area contributed by atoms with Gasteiger partial charge in [0.1, 0.15) is 6.04 Å². The fraction of sp³-hybridized carbons (Fsp3) is 0.250. The summed E-state index contributed by atoms with van der Waals surface area (Å²) >= 11 is 0. The molecule has 5 rings (SSSR count). The van der Waals surface area contributed by atoms with Crippen LogP contribution < -0.4 is 0 Å². The highest BCUT2D eigenvalue weighted by Gasteiger charge is 2.58. The summed E-state index contributed by atoms with van der Waals surface area (Å²) in [6.07, 6.45) is 4.89. The Morgan fingerprint density at radius 3 is 2.77 bits per heavy atom. The van der Waals surface area contributed by atoms with Gasteiger partial charge in [0.15, 0.2) is 0 Å². The van der Waals surface area contributed by atoms with Crippen LogP contribution in [0, 0.1) is 5.92 Å². The van der Waals surface area contributed by atoms with Gasteiger partial charge in [0.25, 0.3) is 5.91 Å². The van der Waals surface area contributed by atoms with E-state index < -0.39 is 10.8 Å². The quantitative estimate of drug-likeness (QED) is 0.586. The highest BCUT2D eigenvalue weighted by molar-refractivity contribution is 7.88. The highest BCUT2D eigenvalue weighted by Crippen LogP contribution is 2.45. The van der Waals surface area contributed by atoms with Crippen LogP contribution in [0.1, 0.15) is 12.0 Å². The summed E-state index contributed by atoms with van der Waals surface area (Å²) < 4.78 is 12.2. The fourth-order valence-corrected chi connectivity index (χ4v) is 5.11. The van der Waals surface area contributed by atoms with Gasteiger partial charge in [0.05, 0.1) is 27.4 Å². The lowest BCUT2D eigenvalue weighted by Gasteiger charge is -2.22. The molecule has 0 aromatic heterocycles. The third-order valence-corrected chi connectivity index (χ3v) is 6.11. The molecule has 1 aromatic rings. The van der Waals surface area contributed by atoms with Crippen molar-refractivity contribution in [2.24, 2.45) is 5.92 Å². The minimum Gasteiger partial charge on any atom is -0.305 e. The van der Waals surface area contributed by atoms with Gasteiger partial charge >= 0.3 is 6.03 Å². The molecule has 2 fully saturated rings. The number of carbonyl (C=O) groups is 2. The second-order valence-corrected chi connectivity index (χ2v) is 7.23. The first kappa shape index (κ1) is 12.3. The Bertz CT molecular complexity index is 798. The zero-order valence-electron chi connectivity index (χ0n) is 11.5.